The maximum atomic E-state index is 12.4. The molecular weight excluding hydrogens is 228 g/mol. The normalized spacial score (nSPS) is 13.0. The van der Waals surface area contributed by atoms with Crippen LogP contribution in [0.25, 0.3) is 0 Å². The van der Waals surface area contributed by atoms with Gasteiger partial charge < -0.3 is 15.2 Å². The summed E-state index contributed by atoms with van der Waals surface area (Å²) >= 11 is 0. The van der Waals surface area contributed by atoms with Gasteiger partial charge in [0.25, 0.3) is 6.43 Å². The molecule has 0 radical (unpaired) electrons. The van der Waals surface area contributed by atoms with Crippen LogP contribution < -0.4 is 5.32 Å². The van der Waals surface area contributed by atoms with Gasteiger partial charge in [-0.3, -0.25) is 0 Å². The van der Waals surface area contributed by atoms with Crippen molar-refractivity contribution in [1.82, 2.24) is 5.32 Å². The van der Waals surface area contributed by atoms with E-state index in [4.69, 9.17) is 4.74 Å². The summed E-state index contributed by atoms with van der Waals surface area (Å²) in [5.41, 5.74) is 0.786. The first kappa shape index (κ1) is 14.0. The van der Waals surface area contributed by atoms with Gasteiger partial charge in [0, 0.05) is 25.8 Å². The Bertz CT molecular complexity index is 334. The smallest absolute Gasteiger partial charge is 0.263 e. The molecule has 1 atom stereocenters. The third-order valence-electron chi connectivity index (χ3n) is 2.27. The Morgan fingerprint density at radius 3 is 2.82 bits per heavy atom. The molecule has 0 fully saturated rings. The van der Waals surface area contributed by atoms with Gasteiger partial charge in [0.1, 0.15) is 0 Å². The Balaban J connectivity index is 2.38. The molecule has 1 aromatic carbocycles. The van der Waals surface area contributed by atoms with Crippen LogP contribution in [0.4, 0.5) is 8.78 Å². The second kappa shape index (κ2) is 7.32. The first-order valence-electron chi connectivity index (χ1n) is 5.38. The quantitative estimate of drug-likeness (QED) is 0.768. The van der Waals surface area contributed by atoms with Crippen LogP contribution in [0.3, 0.4) is 0 Å². The fourth-order valence-corrected chi connectivity index (χ4v) is 1.47. The Kier molecular flexibility index (Phi) is 6.04. The molecule has 0 aliphatic heterocycles. The third-order valence-corrected chi connectivity index (χ3v) is 2.27. The minimum absolute atomic E-state index is 0.0155. The molecule has 17 heavy (non-hydrogen) atoms. The molecule has 2 N–H and O–H groups in total. The third kappa shape index (κ3) is 5.21. The first-order valence-corrected chi connectivity index (χ1v) is 5.38. The van der Waals surface area contributed by atoms with Crippen LogP contribution in [0.5, 0.6) is 0 Å². The average molecular weight is 245 g/mol. The van der Waals surface area contributed by atoms with E-state index in [1.165, 1.54) is 19.2 Å². The van der Waals surface area contributed by atoms with Crippen LogP contribution in [-0.2, 0) is 11.3 Å². The Morgan fingerprint density at radius 2 is 2.18 bits per heavy atom. The van der Waals surface area contributed by atoms with Crippen molar-refractivity contribution < 1.29 is 18.6 Å². The van der Waals surface area contributed by atoms with Gasteiger partial charge in [-0.1, -0.05) is 18.2 Å². The lowest BCUT2D eigenvalue weighted by Crippen LogP contribution is -2.29. The molecule has 0 aliphatic rings. The average Bonchev–Trinajstić information content (AvgIpc) is 2.30. The van der Waals surface area contributed by atoms with Gasteiger partial charge in [0.2, 0.25) is 0 Å². The fraction of sp³-hybridized carbons (Fsp3) is 0.500. The van der Waals surface area contributed by atoms with Crippen molar-refractivity contribution >= 4 is 0 Å². The van der Waals surface area contributed by atoms with Crippen LogP contribution in [0.2, 0.25) is 0 Å². The predicted molar refractivity (Wildman–Crippen MR) is 61.0 cm³/mol. The van der Waals surface area contributed by atoms with Gasteiger partial charge in [-0.15, -0.1) is 0 Å². The van der Waals surface area contributed by atoms with Crippen molar-refractivity contribution in [3.05, 3.63) is 35.4 Å². The Labute approximate surface area is 99.4 Å². The number of hydrogen-bond acceptors (Lipinski definition) is 3. The molecule has 0 aliphatic carbocycles. The molecule has 0 aromatic heterocycles. The number of halogens is 2. The summed E-state index contributed by atoms with van der Waals surface area (Å²) in [6.07, 6.45) is -3.03. The summed E-state index contributed by atoms with van der Waals surface area (Å²) < 4.78 is 29.6. The van der Waals surface area contributed by atoms with E-state index in [9.17, 15) is 13.9 Å². The minimum atomic E-state index is -2.45. The van der Waals surface area contributed by atoms with E-state index in [1.807, 2.05) is 0 Å². The molecule has 0 spiro atoms. The van der Waals surface area contributed by atoms with Crippen molar-refractivity contribution in [2.24, 2.45) is 0 Å². The highest BCUT2D eigenvalue weighted by Gasteiger charge is 2.07. The highest BCUT2D eigenvalue weighted by molar-refractivity contribution is 5.24. The summed E-state index contributed by atoms with van der Waals surface area (Å²) in [4.78, 5) is 0. The number of hydrogen-bond donors (Lipinski definition) is 2. The zero-order valence-electron chi connectivity index (χ0n) is 9.70. The zero-order valence-corrected chi connectivity index (χ0v) is 9.70. The zero-order chi connectivity index (χ0) is 12.7. The molecule has 1 rings (SSSR count). The van der Waals surface area contributed by atoms with Gasteiger partial charge in [0.15, 0.2) is 0 Å². The van der Waals surface area contributed by atoms with E-state index in [1.54, 1.807) is 12.1 Å². The maximum absolute atomic E-state index is 12.4. The minimum Gasteiger partial charge on any atom is -0.389 e. The van der Waals surface area contributed by atoms with Crippen LogP contribution in [0.15, 0.2) is 24.3 Å². The number of aliphatic hydroxyl groups is 1. The lowest BCUT2D eigenvalue weighted by atomic mass is 10.1. The lowest BCUT2D eigenvalue weighted by Gasteiger charge is -2.11. The van der Waals surface area contributed by atoms with Crippen LogP contribution in [0.1, 0.15) is 17.6 Å². The molecule has 3 nitrogen and oxygen atoms in total. The van der Waals surface area contributed by atoms with Crippen LogP contribution in [-0.4, -0.2) is 31.5 Å². The number of benzene rings is 1. The van der Waals surface area contributed by atoms with Crippen molar-refractivity contribution in [3.63, 3.8) is 0 Å². The number of methoxy groups -OCH3 is 1. The molecule has 1 aromatic rings. The lowest BCUT2D eigenvalue weighted by molar-refractivity contribution is 0.0644. The van der Waals surface area contributed by atoms with E-state index < -0.39 is 12.5 Å². The molecule has 0 heterocycles. The maximum Gasteiger partial charge on any atom is 0.263 e. The molecule has 0 saturated carbocycles. The van der Waals surface area contributed by atoms with Gasteiger partial charge in [0.05, 0.1) is 12.7 Å². The molecule has 96 valence electrons. The van der Waals surface area contributed by atoms with Gasteiger partial charge in [-0.05, 0) is 11.6 Å². The standard InChI is InChI=1S/C12H17F2NO2/c1-17-8-11(16)7-15-6-9-3-2-4-10(5-9)12(13)14/h2-5,11-12,15-16H,6-8H2,1H3. The van der Waals surface area contributed by atoms with E-state index in [2.05, 4.69) is 5.32 Å². The predicted octanol–water partition coefficient (Wildman–Crippen LogP) is 1.72. The van der Waals surface area contributed by atoms with Crippen molar-refractivity contribution in [3.8, 4) is 0 Å². The molecule has 5 heteroatoms. The topological polar surface area (TPSA) is 41.5 Å². The number of alkyl halides is 2. The highest BCUT2D eigenvalue weighted by atomic mass is 19.3. The van der Waals surface area contributed by atoms with Crippen LogP contribution >= 0.6 is 0 Å². The Hall–Kier alpha value is -1.04. The molecule has 0 bridgehead atoms. The van der Waals surface area contributed by atoms with Gasteiger partial charge >= 0.3 is 0 Å². The fourth-order valence-electron chi connectivity index (χ4n) is 1.47. The number of rotatable bonds is 7. The number of nitrogens with one attached hydrogen (secondary N) is 1. The monoisotopic (exact) mass is 245 g/mol. The summed E-state index contributed by atoms with van der Waals surface area (Å²) in [7, 11) is 1.51. The summed E-state index contributed by atoms with van der Waals surface area (Å²) in [6.45, 7) is 1.07. The molecule has 1 unspecified atom stereocenters. The van der Waals surface area contributed by atoms with E-state index in [-0.39, 0.29) is 12.2 Å². The van der Waals surface area contributed by atoms with Crippen molar-refractivity contribution in [1.29, 1.82) is 0 Å². The molecular formula is C12H17F2NO2. The SMILES string of the molecule is COCC(O)CNCc1cccc(C(F)F)c1. The Morgan fingerprint density at radius 1 is 1.41 bits per heavy atom. The van der Waals surface area contributed by atoms with Crippen molar-refractivity contribution in [2.45, 2.75) is 19.1 Å². The second-order valence-electron chi connectivity index (χ2n) is 3.79. The molecule has 0 saturated heterocycles. The summed E-state index contributed by atoms with van der Waals surface area (Å²) in [5.74, 6) is 0. The molecule has 0 amide bonds. The highest BCUT2D eigenvalue weighted by Crippen LogP contribution is 2.19. The number of ether oxygens (including phenoxy) is 1. The van der Waals surface area contributed by atoms with Crippen molar-refractivity contribution in [2.75, 3.05) is 20.3 Å². The van der Waals surface area contributed by atoms with E-state index in [0.717, 1.165) is 5.56 Å². The van der Waals surface area contributed by atoms with E-state index in [0.29, 0.717) is 13.1 Å². The van der Waals surface area contributed by atoms with E-state index >= 15 is 0 Å². The summed E-state index contributed by atoms with van der Waals surface area (Å²) in [5, 5.41) is 12.3. The largest absolute Gasteiger partial charge is 0.389 e. The number of aliphatic hydroxyl groups excluding tert-OH is 1. The van der Waals surface area contributed by atoms with Gasteiger partial charge in [-0.25, -0.2) is 8.78 Å². The first-order chi connectivity index (χ1) is 8.13. The van der Waals surface area contributed by atoms with Crippen LogP contribution in [0, 0.1) is 0 Å². The van der Waals surface area contributed by atoms with Gasteiger partial charge in [-0.2, -0.15) is 0 Å². The second-order valence-corrected chi connectivity index (χ2v) is 3.79. The summed E-state index contributed by atoms with van der Waals surface area (Å²) in [6, 6.07) is 6.22.